The van der Waals surface area contributed by atoms with Crippen LogP contribution in [0.2, 0.25) is 5.02 Å². The Morgan fingerprint density at radius 2 is 1.75 bits per heavy atom. The Kier molecular flexibility index (Phi) is 4.83. The van der Waals surface area contributed by atoms with Crippen molar-refractivity contribution in [3.63, 3.8) is 0 Å². The van der Waals surface area contributed by atoms with Gasteiger partial charge in [0.05, 0.1) is 24.9 Å². The molecule has 0 atom stereocenters. The van der Waals surface area contributed by atoms with Gasteiger partial charge in [-0.1, -0.05) is 53.6 Å². The molecule has 0 aliphatic rings. The summed E-state index contributed by atoms with van der Waals surface area (Å²) in [5.41, 5.74) is 4.75. The molecule has 0 saturated carbocycles. The molecular formula is C21H18ClN3O2S. The second-order valence-electron chi connectivity index (χ2n) is 6.39. The van der Waals surface area contributed by atoms with E-state index in [1.165, 1.54) is 5.56 Å². The number of benzene rings is 2. The van der Waals surface area contributed by atoms with E-state index in [0.717, 1.165) is 22.4 Å². The molecule has 0 spiro atoms. The minimum absolute atomic E-state index is 0.471. The number of nitrogens with zero attached hydrogens (tertiary/aromatic N) is 2. The van der Waals surface area contributed by atoms with Gasteiger partial charge >= 0.3 is 0 Å². The number of aromatic nitrogens is 3. The molecule has 5 nitrogen and oxygen atoms in total. The zero-order valence-corrected chi connectivity index (χ0v) is 17.2. The van der Waals surface area contributed by atoms with Gasteiger partial charge in [0.25, 0.3) is 0 Å². The number of H-pyrrole nitrogens is 1. The number of aryl methyl sites for hydroxylation is 1. The topological polar surface area (TPSA) is 51.5 Å². The number of nitrogens with one attached hydrogen (secondary N) is 1. The number of fused-ring (bicyclic) bond motifs is 1. The third-order valence-electron chi connectivity index (χ3n) is 4.62. The highest BCUT2D eigenvalue weighted by atomic mass is 35.5. The maximum Gasteiger partial charge on any atom is 0.212 e. The minimum atomic E-state index is 0.471. The van der Waals surface area contributed by atoms with Crippen molar-refractivity contribution in [2.75, 3.05) is 14.2 Å². The number of hydrogen-bond donors (Lipinski definition) is 1. The number of methoxy groups -OCH3 is 2. The van der Waals surface area contributed by atoms with Crippen LogP contribution in [0.1, 0.15) is 5.56 Å². The Labute approximate surface area is 172 Å². The van der Waals surface area contributed by atoms with Crippen LogP contribution in [-0.2, 0) is 0 Å². The predicted molar refractivity (Wildman–Crippen MR) is 114 cm³/mol. The molecule has 0 bridgehead atoms. The molecule has 0 saturated heterocycles. The number of rotatable bonds is 4. The summed E-state index contributed by atoms with van der Waals surface area (Å²) >= 11 is 12.0. The van der Waals surface area contributed by atoms with Gasteiger partial charge in [0.1, 0.15) is 16.1 Å². The first kappa shape index (κ1) is 18.5. The third kappa shape index (κ3) is 3.15. The normalized spacial score (nSPS) is 11.0. The van der Waals surface area contributed by atoms with Crippen LogP contribution in [0.5, 0.6) is 11.5 Å². The molecule has 142 valence electrons. The van der Waals surface area contributed by atoms with E-state index < -0.39 is 0 Å². The Morgan fingerprint density at radius 3 is 2.43 bits per heavy atom. The summed E-state index contributed by atoms with van der Waals surface area (Å²) in [6, 6.07) is 11.8. The molecule has 0 amide bonds. The summed E-state index contributed by atoms with van der Waals surface area (Å²) in [5, 5.41) is 0.471. The number of imidazole rings is 1. The highest BCUT2D eigenvalue weighted by molar-refractivity contribution is 7.71. The van der Waals surface area contributed by atoms with Crippen LogP contribution in [0, 0.1) is 11.6 Å². The highest BCUT2D eigenvalue weighted by Crippen LogP contribution is 2.38. The van der Waals surface area contributed by atoms with Gasteiger partial charge in [-0.3, -0.25) is 4.40 Å². The van der Waals surface area contributed by atoms with Crippen molar-refractivity contribution >= 4 is 29.6 Å². The first-order valence-electron chi connectivity index (χ1n) is 8.61. The van der Waals surface area contributed by atoms with E-state index in [-0.39, 0.29) is 0 Å². The molecular weight excluding hydrogens is 394 g/mol. The molecule has 0 fully saturated rings. The standard InChI is InChI=1S/C21H18ClN3O2S/c1-12-4-6-13(7-5-12)17-11-25-20(28)15(10-23-21(25)24-17)14-8-19(27-3)16(22)9-18(14)26-2/h4-11H,1-3H3,(H,23,24). The van der Waals surface area contributed by atoms with Gasteiger partial charge in [0.15, 0.2) is 0 Å². The fraction of sp³-hybridized carbons (Fsp3) is 0.143. The first-order chi connectivity index (χ1) is 13.5. The van der Waals surface area contributed by atoms with Gasteiger partial charge in [-0.15, -0.1) is 0 Å². The predicted octanol–water partition coefficient (Wildman–Crippen LogP) is 5.70. The van der Waals surface area contributed by atoms with E-state index in [0.29, 0.717) is 26.9 Å². The molecule has 4 aromatic rings. The maximum atomic E-state index is 6.23. The molecule has 1 N–H and O–H groups in total. The Balaban J connectivity index is 1.89. The van der Waals surface area contributed by atoms with Gasteiger partial charge < -0.3 is 14.5 Å². The van der Waals surface area contributed by atoms with Gasteiger partial charge in [0, 0.05) is 29.6 Å². The lowest BCUT2D eigenvalue weighted by Gasteiger charge is -2.12. The lowest BCUT2D eigenvalue weighted by Crippen LogP contribution is -1.96. The van der Waals surface area contributed by atoms with Crippen LogP contribution >= 0.6 is 23.8 Å². The zero-order valence-electron chi connectivity index (χ0n) is 15.6. The molecule has 2 aromatic heterocycles. The second kappa shape index (κ2) is 7.30. The summed E-state index contributed by atoms with van der Waals surface area (Å²) in [5.74, 6) is 1.82. The van der Waals surface area contributed by atoms with Crippen LogP contribution in [0.3, 0.4) is 0 Å². The maximum absolute atomic E-state index is 6.23. The van der Waals surface area contributed by atoms with E-state index >= 15 is 0 Å². The number of ether oxygens (including phenoxy) is 2. The van der Waals surface area contributed by atoms with Crippen molar-refractivity contribution in [2.24, 2.45) is 0 Å². The first-order valence-corrected chi connectivity index (χ1v) is 9.39. The summed E-state index contributed by atoms with van der Waals surface area (Å²) in [6.45, 7) is 2.06. The lowest BCUT2D eigenvalue weighted by atomic mass is 10.1. The molecule has 0 aliphatic carbocycles. The zero-order chi connectivity index (χ0) is 19.8. The molecule has 0 radical (unpaired) electrons. The fourth-order valence-electron chi connectivity index (χ4n) is 3.10. The van der Waals surface area contributed by atoms with Crippen molar-refractivity contribution in [1.29, 1.82) is 0 Å². The van der Waals surface area contributed by atoms with Gasteiger partial charge in [-0.05, 0) is 18.6 Å². The second-order valence-corrected chi connectivity index (χ2v) is 7.19. The molecule has 4 rings (SSSR count). The Bertz CT molecular complexity index is 1230. The molecule has 7 heteroatoms. The monoisotopic (exact) mass is 411 g/mol. The van der Waals surface area contributed by atoms with E-state index in [1.54, 1.807) is 26.5 Å². The van der Waals surface area contributed by atoms with Crippen molar-refractivity contribution in [1.82, 2.24) is 14.4 Å². The quantitative estimate of drug-likeness (QED) is 0.437. The largest absolute Gasteiger partial charge is 0.496 e. The van der Waals surface area contributed by atoms with E-state index in [1.807, 2.05) is 16.7 Å². The van der Waals surface area contributed by atoms with Gasteiger partial charge in [-0.2, -0.15) is 0 Å². The van der Waals surface area contributed by atoms with Crippen molar-refractivity contribution in [3.8, 4) is 33.9 Å². The highest BCUT2D eigenvalue weighted by Gasteiger charge is 2.15. The average Bonchev–Trinajstić information content (AvgIpc) is 3.14. The summed E-state index contributed by atoms with van der Waals surface area (Å²) in [7, 11) is 3.16. The van der Waals surface area contributed by atoms with E-state index in [9.17, 15) is 0 Å². The number of aromatic amines is 1. The van der Waals surface area contributed by atoms with E-state index in [2.05, 4.69) is 41.2 Å². The Morgan fingerprint density at radius 1 is 1.04 bits per heavy atom. The molecule has 0 aliphatic heterocycles. The van der Waals surface area contributed by atoms with Crippen LogP contribution in [0.15, 0.2) is 48.8 Å². The molecule has 28 heavy (non-hydrogen) atoms. The SMILES string of the molecule is COc1cc(-c2cnc3[nH]c(-c4ccc(C)cc4)cn3c2=S)c(OC)cc1Cl. The molecule has 2 heterocycles. The minimum Gasteiger partial charge on any atom is -0.496 e. The van der Waals surface area contributed by atoms with Crippen LogP contribution < -0.4 is 9.47 Å². The third-order valence-corrected chi connectivity index (χ3v) is 5.34. The summed E-state index contributed by atoms with van der Waals surface area (Å²) < 4.78 is 13.3. The van der Waals surface area contributed by atoms with Crippen molar-refractivity contribution < 1.29 is 9.47 Å². The number of hydrogen-bond acceptors (Lipinski definition) is 4. The average molecular weight is 412 g/mol. The van der Waals surface area contributed by atoms with E-state index in [4.69, 9.17) is 33.3 Å². The number of halogens is 1. The van der Waals surface area contributed by atoms with Gasteiger partial charge in [-0.25, -0.2) is 4.98 Å². The van der Waals surface area contributed by atoms with Crippen molar-refractivity contribution in [3.05, 3.63) is 64.0 Å². The Hall–Kier alpha value is -2.83. The molecule has 2 aromatic carbocycles. The smallest absolute Gasteiger partial charge is 0.212 e. The summed E-state index contributed by atoms with van der Waals surface area (Å²) in [4.78, 5) is 7.87. The van der Waals surface area contributed by atoms with Crippen LogP contribution in [0.25, 0.3) is 28.2 Å². The summed E-state index contributed by atoms with van der Waals surface area (Å²) in [6.07, 6.45) is 3.69. The lowest BCUT2D eigenvalue weighted by molar-refractivity contribution is 0.404. The van der Waals surface area contributed by atoms with Crippen molar-refractivity contribution in [2.45, 2.75) is 6.92 Å². The van der Waals surface area contributed by atoms with Gasteiger partial charge in [0.2, 0.25) is 5.78 Å². The van der Waals surface area contributed by atoms with Crippen LogP contribution in [-0.4, -0.2) is 28.6 Å². The fourth-order valence-corrected chi connectivity index (χ4v) is 3.63. The van der Waals surface area contributed by atoms with Crippen LogP contribution in [0.4, 0.5) is 0 Å². The molecule has 0 unspecified atom stereocenters.